The van der Waals surface area contributed by atoms with Gasteiger partial charge in [0.05, 0.1) is 15.7 Å². The fourth-order valence-electron chi connectivity index (χ4n) is 1.64. The third-order valence-electron chi connectivity index (χ3n) is 2.46. The van der Waals surface area contributed by atoms with E-state index in [2.05, 4.69) is 49.3 Å². The zero-order chi connectivity index (χ0) is 11.6. The molecule has 0 atom stereocenters. The maximum Gasteiger partial charge on any atom is 0.0814 e. The van der Waals surface area contributed by atoms with Crippen LogP contribution in [0.3, 0.4) is 0 Å². The summed E-state index contributed by atoms with van der Waals surface area (Å²) in [7, 11) is 0. The fraction of sp³-hybridized carbons (Fsp3) is 0.462. The van der Waals surface area contributed by atoms with Crippen LogP contribution in [0.4, 0.5) is 0 Å². The highest BCUT2D eigenvalue weighted by molar-refractivity contribution is 7.16. The number of nitrogens with zero attached hydrogens (tertiary/aromatic N) is 1. The highest BCUT2D eigenvalue weighted by atomic mass is 32.1. The van der Waals surface area contributed by atoms with Gasteiger partial charge in [0.15, 0.2) is 0 Å². The quantitative estimate of drug-likeness (QED) is 0.882. The van der Waals surface area contributed by atoms with Crippen molar-refractivity contribution in [3.63, 3.8) is 0 Å². The van der Waals surface area contributed by atoms with Gasteiger partial charge in [-0.2, -0.15) is 0 Å². The molecule has 0 aliphatic rings. The summed E-state index contributed by atoms with van der Waals surface area (Å²) in [6, 6.07) is 6.56. The molecule has 0 fully saturated rings. The van der Waals surface area contributed by atoms with Gasteiger partial charge in [-0.3, -0.25) is 0 Å². The van der Waals surface area contributed by atoms with Crippen molar-refractivity contribution in [2.75, 3.05) is 6.54 Å². The molecule has 16 heavy (non-hydrogen) atoms. The Morgan fingerprint density at radius 2 is 2.12 bits per heavy atom. The summed E-state index contributed by atoms with van der Waals surface area (Å²) < 4.78 is 1.27. The number of hydrogen-bond donors (Lipinski definition) is 1. The molecule has 1 aromatic heterocycles. The van der Waals surface area contributed by atoms with E-state index in [0.717, 1.165) is 18.5 Å². The lowest BCUT2D eigenvalue weighted by Crippen LogP contribution is -2.37. The predicted molar refractivity (Wildman–Crippen MR) is 71.1 cm³/mol. The molecular weight excluding hydrogens is 216 g/mol. The Labute approximate surface area is 101 Å². The highest BCUT2D eigenvalue weighted by Crippen LogP contribution is 2.18. The Bertz CT molecular complexity index is 468. The van der Waals surface area contributed by atoms with Crippen LogP contribution in [0.25, 0.3) is 10.2 Å². The van der Waals surface area contributed by atoms with Crippen LogP contribution in [-0.4, -0.2) is 17.1 Å². The van der Waals surface area contributed by atoms with E-state index in [0.29, 0.717) is 0 Å². The van der Waals surface area contributed by atoms with Gasteiger partial charge in [0, 0.05) is 5.54 Å². The van der Waals surface area contributed by atoms with E-state index < -0.39 is 0 Å². The molecule has 0 aliphatic heterocycles. The van der Waals surface area contributed by atoms with Crippen molar-refractivity contribution < 1.29 is 0 Å². The van der Waals surface area contributed by atoms with Crippen LogP contribution in [0.2, 0.25) is 0 Å². The molecule has 1 heterocycles. The third kappa shape index (κ3) is 3.03. The minimum absolute atomic E-state index is 0.199. The molecule has 0 amide bonds. The van der Waals surface area contributed by atoms with E-state index in [1.165, 1.54) is 10.3 Å². The molecule has 0 radical (unpaired) electrons. The number of aromatic nitrogens is 1. The van der Waals surface area contributed by atoms with Crippen LogP contribution in [0, 0.1) is 0 Å². The smallest absolute Gasteiger partial charge is 0.0814 e. The number of benzene rings is 1. The van der Waals surface area contributed by atoms with Crippen LogP contribution in [0.5, 0.6) is 0 Å². The summed E-state index contributed by atoms with van der Waals surface area (Å²) in [6.45, 7) is 7.59. The maximum atomic E-state index is 4.33. The normalized spacial score (nSPS) is 12.2. The van der Waals surface area contributed by atoms with Crippen LogP contribution in [0.1, 0.15) is 26.3 Å². The first-order valence-corrected chi connectivity index (χ1v) is 6.50. The Hall–Kier alpha value is -0.930. The molecule has 0 spiro atoms. The summed E-state index contributed by atoms with van der Waals surface area (Å²) >= 11 is 1.70. The third-order valence-corrected chi connectivity index (χ3v) is 3.27. The van der Waals surface area contributed by atoms with E-state index >= 15 is 0 Å². The minimum Gasteiger partial charge on any atom is -0.312 e. The molecule has 86 valence electrons. The first kappa shape index (κ1) is 11.6. The molecule has 0 bridgehead atoms. The largest absolute Gasteiger partial charge is 0.312 e. The lowest BCUT2D eigenvalue weighted by molar-refractivity contribution is 0.429. The highest BCUT2D eigenvalue weighted by Gasteiger charge is 2.07. The maximum absolute atomic E-state index is 4.33. The summed E-state index contributed by atoms with van der Waals surface area (Å²) in [5.41, 5.74) is 4.58. The molecular formula is C13H18N2S. The number of hydrogen-bond acceptors (Lipinski definition) is 3. The van der Waals surface area contributed by atoms with Crippen molar-refractivity contribution in [1.29, 1.82) is 0 Å². The molecule has 1 N–H and O–H groups in total. The van der Waals surface area contributed by atoms with Crippen LogP contribution >= 0.6 is 11.3 Å². The minimum atomic E-state index is 0.199. The average molecular weight is 234 g/mol. The van der Waals surface area contributed by atoms with Crippen molar-refractivity contribution in [2.24, 2.45) is 0 Å². The molecule has 3 heteroatoms. The van der Waals surface area contributed by atoms with Gasteiger partial charge in [-0.15, -0.1) is 11.3 Å². The second-order valence-electron chi connectivity index (χ2n) is 5.08. The molecule has 0 aliphatic carbocycles. The predicted octanol–water partition coefficient (Wildman–Crippen LogP) is 3.23. The zero-order valence-electron chi connectivity index (χ0n) is 10.1. The van der Waals surface area contributed by atoms with Crippen molar-refractivity contribution in [1.82, 2.24) is 10.3 Å². The van der Waals surface area contributed by atoms with Gasteiger partial charge >= 0.3 is 0 Å². The van der Waals surface area contributed by atoms with Crippen LogP contribution in [-0.2, 0) is 6.42 Å². The van der Waals surface area contributed by atoms with Crippen LogP contribution in [0.15, 0.2) is 23.7 Å². The van der Waals surface area contributed by atoms with Crippen molar-refractivity contribution in [2.45, 2.75) is 32.7 Å². The van der Waals surface area contributed by atoms with Crippen molar-refractivity contribution >= 4 is 21.6 Å². The molecule has 2 rings (SSSR count). The number of rotatable bonds is 3. The molecule has 2 nitrogen and oxygen atoms in total. The van der Waals surface area contributed by atoms with Gasteiger partial charge < -0.3 is 5.32 Å². The fourth-order valence-corrected chi connectivity index (χ4v) is 2.30. The monoisotopic (exact) mass is 234 g/mol. The second kappa shape index (κ2) is 4.52. The van der Waals surface area contributed by atoms with Crippen molar-refractivity contribution in [3.8, 4) is 0 Å². The summed E-state index contributed by atoms with van der Waals surface area (Å²) in [6.07, 6.45) is 1.06. The number of nitrogens with one attached hydrogen (secondary N) is 1. The molecule has 0 saturated carbocycles. The molecule has 2 aromatic rings. The molecule has 0 unspecified atom stereocenters. The SMILES string of the molecule is CC(C)(C)NCCc1ccc2scnc2c1. The second-order valence-corrected chi connectivity index (χ2v) is 5.97. The van der Waals surface area contributed by atoms with Crippen molar-refractivity contribution in [3.05, 3.63) is 29.3 Å². The van der Waals surface area contributed by atoms with Gasteiger partial charge in [0.25, 0.3) is 0 Å². The molecule has 0 saturated heterocycles. The van der Waals surface area contributed by atoms with E-state index in [1.54, 1.807) is 11.3 Å². The van der Waals surface area contributed by atoms with E-state index in [1.807, 2.05) is 5.51 Å². The Kier molecular flexibility index (Phi) is 3.26. The molecule has 1 aromatic carbocycles. The Morgan fingerprint density at radius 1 is 1.31 bits per heavy atom. The topological polar surface area (TPSA) is 24.9 Å². The Balaban J connectivity index is 1.99. The van der Waals surface area contributed by atoms with E-state index in [9.17, 15) is 0 Å². The zero-order valence-corrected chi connectivity index (χ0v) is 10.9. The number of fused-ring (bicyclic) bond motifs is 1. The summed E-state index contributed by atoms with van der Waals surface area (Å²) in [5, 5.41) is 3.49. The van der Waals surface area contributed by atoms with E-state index in [4.69, 9.17) is 0 Å². The average Bonchev–Trinajstić information content (AvgIpc) is 2.62. The first-order valence-electron chi connectivity index (χ1n) is 5.62. The first-order chi connectivity index (χ1) is 7.54. The lowest BCUT2D eigenvalue weighted by atomic mass is 10.1. The van der Waals surface area contributed by atoms with E-state index in [-0.39, 0.29) is 5.54 Å². The summed E-state index contributed by atoms with van der Waals surface area (Å²) in [4.78, 5) is 4.33. The van der Waals surface area contributed by atoms with Crippen LogP contribution < -0.4 is 5.32 Å². The standard InChI is InChI=1S/C13H18N2S/c1-13(2,3)15-7-6-10-4-5-12-11(8-10)14-9-16-12/h4-5,8-9,15H,6-7H2,1-3H3. The lowest BCUT2D eigenvalue weighted by Gasteiger charge is -2.20. The summed E-state index contributed by atoms with van der Waals surface area (Å²) in [5.74, 6) is 0. The Morgan fingerprint density at radius 3 is 2.88 bits per heavy atom. The van der Waals surface area contributed by atoms with Gasteiger partial charge in [0.1, 0.15) is 0 Å². The number of thiazole rings is 1. The van der Waals surface area contributed by atoms with Gasteiger partial charge in [-0.05, 0) is 51.4 Å². The van der Waals surface area contributed by atoms with Gasteiger partial charge in [-0.25, -0.2) is 4.98 Å². The van der Waals surface area contributed by atoms with Gasteiger partial charge in [0.2, 0.25) is 0 Å². The van der Waals surface area contributed by atoms with Gasteiger partial charge in [-0.1, -0.05) is 6.07 Å².